The van der Waals surface area contributed by atoms with E-state index in [1.165, 1.54) is 17.6 Å². The molecule has 0 spiro atoms. The summed E-state index contributed by atoms with van der Waals surface area (Å²) in [4.78, 5) is 3.95. The van der Waals surface area contributed by atoms with Crippen LogP contribution in [0.5, 0.6) is 5.88 Å². The van der Waals surface area contributed by atoms with Gasteiger partial charge in [-0.1, -0.05) is 0 Å². The highest BCUT2D eigenvalue weighted by Gasteiger charge is 2.28. The molecule has 0 amide bonds. The Hall–Kier alpha value is -1.38. The molecule has 1 aromatic rings. The fraction of sp³-hybridized carbons (Fsp3) is 0.583. The van der Waals surface area contributed by atoms with E-state index < -0.39 is 10.2 Å². The Morgan fingerprint density at radius 1 is 1.55 bits per heavy atom. The van der Waals surface area contributed by atoms with Crippen LogP contribution in [0.2, 0.25) is 0 Å². The zero-order valence-corrected chi connectivity index (χ0v) is 12.1. The van der Waals surface area contributed by atoms with Gasteiger partial charge in [0.05, 0.1) is 19.0 Å². The number of ether oxygens (including phenoxy) is 1. The lowest BCUT2D eigenvalue weighted by Crippen LogP contribution is -2.43. The van der Waals surface area contributed by atoms with Crippen LogP contribution in [0.3, 0.4) is 0 Å². The van der Waals surface area contributed by atoms with Crippen molar-refractivity contribution in [1.82, 2.24) is 9.29 Å². The van der Waals surface area contributed by atoms with Crippen LogP contribution in [0.15, 0.2) is 18.3 Å². The molecule has 2 heterocycles. The number of aliphatic hydroxyl groups excluding tert-OH is 1. The average molecular weight is 301 g/mol. The van der Waals surface area contributed by atoms with Gasteiger partial charge in [-0.3, -0.25) is 4.72 Å². The van der Waals surface area contributed by atoms with Crippen LogP contribution in [0.4, 0.5) is 5.69 Å². The number of methoxy groups -OCH3 is 1. The first kappa shape index (κ1) is 15.0. The molecule has 0 saturated carbocycles. The number of hydrogen-bond acceptors (Lipinski definition) is 5. The van der Waals surface area contributed by atoms with E-state index in [-0.39, 0.29) is 12.5 Å². The Balaban J connectivity index is 2.05. The van der Waals surface area contributed by atoms with Crippen molar-refractivity contribution in [2.45, 2.75) is 12.8 Å². The third-order valence-corrected chi connectivity index (χ3v) is 4.78. The maximum atomic E-state index is 12.2. The van der Waals surface area contributed by atoms with Gasteiger partial charge in [0.2, 0.25) is 5.88 Å². The summed E-state index contributed by atoms with van der Waals surface area (Å²) in [6.45, 7) is 0.820. The van der Waals surface area contributed by atoms with Gasteiger partial charge in [0.1, 0.15) is 0 Å². The molecule has 1 saturated heterocycles. The number of rotatable bonds is 5. The van der Waals surface area contributed by atoms with Gasteiger partial charge in [-0.05, 0) is 24.8 Å². The van der Waals surface area contributed by atoms with Crippen LogP contribution in [0, 0.1) is 5.92 Å². The van der Waals surface area contributed by atoms with Gasteiger partial charge in [0, 0.05) is 25.8 Å². The standard InChI is InChI=1S/C12H19N3O4S/c1-19-12-5-4-11(7-13-12)14-20(17,18)15-6-2-3-10(8-15)9-16/h4-5,7,10,14,16H,2-3,6,8-9H2,1H3. The largest absolute Gasteiger partial charge is 0.481 e. The first-order valence-electron chi connectivity index (χ1n) is 6.44. The van der Waals surface area contributed by atoms with E-state index in [4.69, 9.17) is 9.84 Å². The lowest BCUT2D eigenvalue weighted by atomic mass is 10.0. The minimum absolute atomic E-state index is 0.00863. The molecule has 0 radical (unpaired) electrons. The summed E-state index contributed by atoms with van der Waals surface area (Å²) in [5.41, 5.74) is 0.386. The molecule has 1 aliphatic rings. The van der Waals surface area contributed by atoms with Crippen molar-refractivity contribution >= 4 is 15.9 Å². The molecule has 2 N–H and O–H groups in total. The number of hydrogen-bond donors (Lipinski definition) is 2. The minimum atomic E-state index is -3.61. The normalized spacial score (nSPS) is 20.6. The highest BCUT2D eigenvalue weighted by molar-refractivity contribution is 7.90. The molecule has 1 atom stereocenters. The molecule has 1 aromatic heterocycles. The molecule has 0 bridgehead atoms. The molecule has 1 unspecified atom stereocenters. The zero-order chi connectivity index (χ0) is 14.6. The van der Waals surface area contributed by atoms with Gasteiger partial charge in [-0.2, -0.15) is 12.7 Å². The molecule has 1 aliphatic heterocycles. The fourth-order valence-electron chi connectivity index (χ4n) is 2.17. The highest BCUT2D eigenvalue weighted by Crippen LogP contribution is 2.20. The van der Waals surface area contributed by atoms with E-state index in [1.54, 1.807) is 12.1 Å². The summed E-state index contributed by atoms with van der Waals surface area (Å²) in [6, 6.07) is 3.18. The fourth-order valence-corrected chi connectivity index (χ4v) is 3.49. The zero-order valence-electron chi connectivity index (χ0n) is 11.3. The van der Waals surface area contributed by atoms with Gasteiger partial charge in [0.25, 0.3) is 0 Å². The molecular formula is C12H19N3O4S. The lowest BCUT2D eigenvalue weighted by molar-refractivity contribution is 0.166. The van der Waals surface area contributed by atoms with Gasteiger partial charge >= 0.3 is 10.2 Å². The molecule has 2 rings (SSSR count). The number of piperidine rings is 1. The summed E-state index contributed by atoms with van der Waals surface area (Å²) in [5.74, 6) is 0.431. The first-order valence-corrected chi connectivity index (χ1v) is 7.88. The van der Waals surface area contributed by atoms with Crippen LogP contribution in [-0.2, 0) is 10.2 Å². The number of nitrogens with one attached hydrogen (secondary N) is 1. The molecule has 112 valence electrons. The van der Waals surface area contributed by atoms with E-state index in [2.05, 4.69) is 9.71 Å². The van der Waals surface area contributed by atoms with E-state index in [9.17, 15) is 8.42 Å². The predicted molar refractivity (Wildman–Crippen MR) is 74.7 cm³/mol. The van der Waals surface area contributed by atoms with Crippen molar-refractivity contribution in [2.24, 2.45) is 5.92 Å². The van der Waals surface area contributed by atoms with Crippen molar-refractivity contribution in [3.8, 4) is 5.88 Å². The van der Waals surface area contributed by atoms with Crippen LogP contribution in [-0.4, -0.2) is 49.6 Å². The average Bonchev–Trinajstić information content (AvgIpc) is 2.48. The van der Waals surface area contributed by atoms with Crippen molar-refractivity contribution < 1.29 is 18.3 Å². The SMILES string of the molecule is COc1ccc(NS(=O)(=O)N2CCCC(CO)C2)cn1. The van der Waals surface area contributed by atoms with Crippen molar-refractivity contribution in [1.29, 1.82) is 0 Å². The maximum absolute atomic E-state index is 12.2. The topological polar surface area (TPSA) is 91.8 Å². The van der Waals surface area contributed by atoms with Gasteiger partial charge in [-0.15, -0.1) is 0 Å². The van der Waals surface area contributed by atoms with Crippen LogP contribution < -0.4 is 9.46 Å². The number of pyridine rings is 1. The number of anilines is 1. The Bertz CT molecular complexity index is 532. The van der Waals surface area contributed by atoms with Crippen molar-refractivity contribution in [3.63, 3.8) is 0 Å². The highest BCUT2D eigenvalue weighted by atomic mass is 32.2. The summed E-state index contributed by atoms with van der Waals surface area (Å²) in [5, 5.41) is 9.16. The van der Waals surface area contributed by atoms with E-state index in [1.807, 2.05) is 0 Å². The Morgan fingerprint density at radius 2 is 2.35 bits per heavy atom. The molecule has 8 heteroatoms. The van der Waals surface area contributed by atoms with Gasteiger partial charge < -0.3 is 9.84 Å². The van der Waals surface area contributed by atoms with E-state index in [0.717, 1.165) is 12.8 Å². The van der Waals surface area contributed by atoms with Crippen molar-refractivity contribution in [2.75, 3.05) is 31.5 Å². The third kappa shape index (κ3) is 3.59. The minimum Gasteiger partial charge on any atom is -0.481 e. The first-order chi connectivity index (χ1) is 9.55. The second kappa shape index (κ2) is 6.38. The number of nitrogens with zero attached hydrogens (tertiary/aromatic N) is 2. The lowest BCUT2D eigenvalue weighted by Gasteiger charge is -2.30. The smallest absolute Gasteiger partial charge is 0.301 e. The summed E-state index contributed by atoms with van der Waals surface area (Å²) in [7, 11) is -2.11. The van der Waals surface area contributed by atoms with Crippen molar-refractivity contribution in [3.05, 3.63) is 18.3 Å². The Labute approximate surface area is 118 Å². The second-order valence-corrected chi connectivity index (χ2v) is 6.42. The quantitative estimate of drug-likeness (QED) is 0.824. The maximum Gasteiger partial charge on any atom is 0.301 e. The van der Waals surface area contributed by atoms with Gasteiger partial charge in [0.15, 0.2) is 0 Å². The summed E-state index contributed by atoms with van der Waals surface area (Å²) < 4.78 is 33.3. The van der Waals surface area contributed by atoms with Crippen LogP contribution >= 0.6 is 0 Å². The molecule has 1 fully saturated rings. The summed E-state index contributed by atoms with van der Waals surface area (Å²) in [6.07, 6.45) is 3.02. The van der Waals surface area contributed by atoms with Crippen LogP contribution in [0.1, 0.15) is 12.8 Å². The summed E-state index contributed by atoms with van der Waals surface area (Å²) >= 11 is 0. The van der Waals surface area contributed by atoms with Crippen LogP contribution in [0.25, 0.3) is 0 Å². The molecule has 7 nitrogen and oxygen atoms in total. The number of aromatic nitrogens is 1. The molecule has 0 aliphatic carbocycles. The Kier molecular flexibility index (Phi) is 4.79. The molecule has 0 aromatic carbocycles. The van der Waals surface area contributed by atoms with Gasteiger partial charge in [-0.25, -0.2) is 4.98 Å². The Morgan fingerprint density at radius 3 is 2.95 bits per heavy atom. The van der Waals surface area contributed by atoms with E-state index >= 15 is 0 Å². The molecule has 20 heavy (non-hydrogen) atoms. The predicted octanol–water partition coefficient (Wildman–Crippen LogP) is 0.451. The monoisotopic (exact) mass is 301 g/mol. The second-order valence-electron chi connectivity index (χ2n) is 4.75. The van der Waals surface area contributed by atoms with E-state index in [0.29, 0.717) is 24.7 Å². The number of aliphatic hydroxyl groups is 1. The third-order valence-electron chi connectivity index (χ3n) is 3.27. The molecular weight excluding hydrogens is 282 g/mol.